The fourth-order valence-electron chi connectivity index (χ4n) is 4.66. The second-order valence-electron chi connectivity index (χ2n) is 8.14. The number of rotatable bonds is 5. The van der Waals surface area contributed by atoms with Crippen LogP contribution in [-0.4, -0.2) is 49.4 Å². The highest BCUT2D eigenvalue weighted by molar-refractivity contribution is 5.98. The Morgan fingerprint density at radius 3 is 2.74 bits per heavy atom. The van der Waals surface area contributed by atoms with Crippen LogP contribution in [0.25, 0.3) is 11.5 Å². The minimum Gasteiger partial charge on any atom is -0.463 e. The largest absolute Gasteiger partial charge is 0.463 e. The van der Waals surface area contributed by atoms with E-state index in [1.165, 1.54) is 0 Å². The van der Waals surface area contributed by atoms with Crippen molar-refractivity contribution in [3.8, 4) is 17.5 Å². The molecule has 0 aliphatic carbocycles. The van der Waals surface area contributed by atoms with Gasteiger partial charge in [-0.05, 0) is 45.2 Å². The third kappa shape index (κ3) is 3.64. The predicted octanol–water partition coefficient (Wildman–Crippen LogP) is 3.35. The Kier molecular flexibility index (Phi) is 4.88. The number of aromatic nitrogens is 4. The summed E-state index contributed by atoms with van der Waals surface area (Å²) >= 11 is 0. The maximum absolute atomic E-state index is 13.6. The summed E-state index contributed by atoms with van der Waals surface area (Å²) in [5, 5.41) is 0. The SMILES string of the molecule is Cc1coc(-c2ccc(C)nc2C(=O)N2C3CCC2C(COc2ncc(F)cn2)C3)n1. The number of nitrogens with zero attached hydrogens (tertiary/aromatic N) is 5. The summed E-state index contributed by atoms with van der Waals surface area (Å²) in [5.41, 5.74) is 2.47. The monoisotopic (exact) mass is 423 g/mol. The van der Waals surface area contributed by atoms with E-state index in [9.17, 15) is 9.18 Å². The number of hydrogen-bond acceptors (Lipinski definition) is 7. The van der Waals surface area contributed by atoms with Gasteiger partial charge in [0.05, 0.1) is 30.3 Å². The van der Waals surface area contributed by atoms with Crippen molar-refractivity contribution < 1.29 is 18.3 Å². The van der Waals surface area contributed by atoms with Crippen molar-refractivity contribution in [1.29, 1.82) is 0 Å². The van der Waals surface area contributed by atoms with Gasteiger partial charge in [-0.25, -0.2) is 24.3 Å². The van der Waals surface area contributed by atoms with Gasteiger partial charge < -0.3 is 14.1 Å². The lowest BCUT2D eigenvalue weighted by atomic mass is 9.90. The van der Waals surface area contributed by atoms with E-state index < -0.39 is 5.82 Å². The third-order valence-electron chi connectivity index (χ3n) is 6.01. The highest BCUT2D eigenvalue weighted by Gasteiger charge is 2.49. The number of hydrogen-bond donors (Lipinski definition) is 0. The Morgan fingerprint density at radius 2 is 2.00 bits per heavy atom. The van der Waals surface area contributed by atoms with Crippen molar-refractivity contribution in [2.45, 2.75) is 45.2 Å². The lowest BCUT2D eigenvalue weighted by Crippen LogP contribution is -2.38. The summed E-state index contributed by atoms with van der Waals surface area (Å²) in [6, 6.07) is 4.03. The van der Waals surface area contributed by atoms with Gasteiger partial charge in [0.15, 0.2) is 5.82 Å². The van der Waals surface area contributed by atoms with E-state index in [0.717, 1.165) is 43.0 Å². The summed E-state index contributed by atoms with van der Waals surface area (Å²) in [6.07, 6.45) is 6.43. The Bertz CT molecular complexity index is 1120. The molecule has 2 bridgehead atoms. The summed E-state index contributed by atoms with van der Waals surface area (Å²) in [5.74, 6) is -0.0591. The van der Waals surface area contributed by atoms with Gasteiger partial charge in [-0.1, -0.05) is 0 Å². The Morgan fingerprint density at radius 1 is 1.19 bits per heavy atom. The van der Waals surface area contributed by atoms with Crippen LogP contribution in [0.2, 0.25) is 0 Å². The molecule has 3 unspecified atom stereocenters. The van der Waals surface area contributed by atoms with E-state index in [2.05, 4.69) is 19.9 Å². The number of aryl methyl sites for hydroxylation is 2. The molecule has 3 atom stereocenters. The summed E-state index contributed by atoms with van der Waals surface area (Å²) in [7, 11) is 0. The fourth-order valence-corrected chi connectivity index (χ4v) is 4.66. The topological polar surface area (TPSA) is 94.2 Å². The summed E-state index contributed by atoms with van der Waals surface area (Å²) in [4.78, 5) is 32.2. The maximum atomic E-state index is 13.6. The van der Waals surface area contributed by atoms with Crippen LogP contribution >= 0.6 is 0 Å². The van der Waals surface area contributed by atoms with Crippen molar-refractivity contribution in [2.24, 2.45) is 5.92 Å². The lowest BCUT2D eigenvalue weighted by Gasteiger charge is -2.24. The first-order chi connectivity index (χ1) is 15.0. The molecule has 3 aromatic rings. The van der Waals surface area contributed by atoms with Crippen molar-refractivity contribution in [2.75, 3.05) is 6.61 Å². The van der Waals surface area contributed by atoms with Crippen LogP contribution in [0.15, 0.2) is 35.2 Å². The normalized spacial score (nSPS) is 22.2. The van der Waals surface area contributed by atoms with E-state index in [4.69, 9.17) is 9.15 Å². The quantitative estimate of drug-likeness (QED) is 0.621. The lowest BCUT2D eigenvalue weighted by molar-refractivity contribution is 0.0703. The molecule has 31 heavy (non-hydrogen) atoms. The number of oxazole rings is 1. The van der Waals surface area contributed by atoms with Gasteiger partial charge in [-0.15, -0.1) is 0 Å². The molecule has 2 aliphatic heterocycles. The van der Waals surface area contributed by atoms with E-state index in [1.54, 1.807) is 6.26 Å². The standard InChI is InChI=1S/C22H22FN5O3/c1-12-3-5-17(20-27-13(2)10-30-20)19(26-12)21(29)28-16-4-6-18(28)14(7-16)11-31-22-24-8-15(23)9-25-22/h3,5,8-10,14,16,18H,4,6-7,11H2,1-2H3. The maximum Gasteiger partial charge on any atom is 0.316 e. The van der Waals surface area contributed by atoms with Gasteiger partial charge in [0.1, 0.15) is 12.0 Å². The van der Waals surface area contributed by atoms with E-state index in [0.29, 0.717) is 23.8 Å². The molecule has 0 radical (unpaired) electrons. The van der Waals surface area contributed by atoms with Crippen LogP contribution in [0.5, 0.6) is 6.01 Å². The average Bonchev–Trinajstić information content (AvgIpc) is 3.47. The van der Waals surface area contributed by atoms with Crippen LogP contribution in [0.3, 0.4) is 0 Å². The van der Waals surface area contributed by atoms with Crippen LogP contribution in [0.4, 0.5) is 4.39 Å². The van der Waals surface area contributed by atoms with Crippen LogP contribution in [0.1, 0.15) is 41.1 Å². The van der Waals surface area contributed by atoms with Gasteiger partial charge in [0.2, 0.25) is 5.89 Å². The zero-order chi connectivity index (χ0) is 21.5. The van der Waals surface area contributed by atoms with Crippen LogP contribution in [-0.2, 0) is 0 Å². The highest BCUT2D eigenvalue weighted by Crippen LogP contribution is 2.43. The first-order valence-electron chi connectivity index (χ1n) is 10.3. The molecule has 3 aromatic heterocycles. The molecule has 8 nitrogen and oxygen atoms in total. The molecule has 2 aliphatic rings. The van der Waals surface area contributed by atoms with Gasteiger partial charge in [-0.3, -0.25) is 4.79 Å². The molecule has 160 valence electrons. The highest BCUT2D eigenvalue weighted by atomic mass is 19.1. The fraction of sp³-hybridized carbons (Fsp3) is 0.409. The Labute approximate surface area is 178 Å². The minimum absolute atomic E-state index is 0.0550. The molecule has 5 heterocycles. The Balaban J connectivity index is 1.37. The van der Waals surface area contributed by atoms with Crippen molar-refractivity contribution in [3.63, 3.8) is 0 Å². The van der Waals surface area contributed by atoms with Gasteiger partial charge >= 0.3 is 6.01 Å². The van der Waals surface area contributed by atoms with Crippen LogP contribution < -0.4 is 4.74 Å². The van der Waals surface area contributed by atoms with Gasteiger partial charge in [0, 0.05) is 23.7 Å². The number of halogens is 1. The summed E-state index contributed by atoms with van der Waals surface area (Å²) in [6.45, 7) is 4.08. The predicted molar refractivity (Wildman–Crippen MR) is 108 cm³/mol. The average molecular weight is 423 g/mol. The molecule has 5 rings (SSSR count). The van der Waals surface area contributed by atoms with Gasteiger partial charge in [0.25, 0.3) is 5.91 Å². The number of amides is 1. The van der Waals surface area contributed by atoms with Crippen molar-refractivity contribution in [1.82, 2.24) is 24.8 Å². The molecule has 0 spiro atoms. The molecule has 0 aromatic carbocycles. The molecule has 9 heteroatoms. The van der Waals surface area contributed by atoms with Crippen molar-refractivity contribution in [3.05, 3.63) is 53.7 Å². The molecule has 0 saturated carbocycles. The number of carbonyl (C=O) groups is 1. The van der Waals surface area contributed by atoms with Gasteiger partial charge in [-0.2, -0.15) is 0 Å². The molecular formula is C22H22FN5O3. The zero-order valence-electron chi connectivity index (χ0n) is 17.3. The first-order valence-corrected chi connectivity index (χ1v) is 10.3. The molecule has 2 fully saturated rings. The number of fused-ring (bicyclic) bond motifs is 2. The third-order valence-corrected chi connectivity index (χ3v) is 6.01. The molecule has 1 amide bonds. The Hall–Kier alpha value is -3.36. The van der Waals surface area contributed by atoms with Crippen LogP contribution in [0, 0.1) is 25.6 Å². The smallest absolute Gasteiger partial charge is 0.316 e. The second-order valence-corrected chi connectivity index (χ2v) is 8.14. The zero-order valence-corrected chi connectivity index (χ0v) is 17.3. The van der Waals surface area contributed by atoms with E-state index >= 15 is 0 Å². The minimum atomic E-state index is -0.508. The first kappa shape index (κ1) is 19.6. The second kappa shape index (κ2) is 7.72. The number of carbonyl (C=O) groups excluding carboxylic acids is 1. The summed E-state index contributed by atoms with van der Waals surface area (Å²) < 4.78 is 24.2. The van der Waals surface area contributed by atoms with E-state index in [1.807, 2.05) is 30.9 Å². The number of pyridine rings is 1. The molecule has 0 N–H and O–H groups in total. The van der Waals surface area contributed by atoms with Crippen molar-refractivity contribution >= 4 is 5.91 Å². The number of ether oxygens (including phenoxy) is 1. The molecule has 2 saturated heterocycles. The molecular weight excluding hydrogens is 401 g/mol. The van der Waals surface area contributed by atoms with E-state index in [-0.39, 0.29) is 29.9 Å².